The number of hydrogen-bond donors (Lipinski definition) is 1. The third-order valence-corrected chi connectivity index (χ3v) is 8.14. The molecule has 1 amide bonds. The van der Waals surface area contributed by atoms with Gasteiger partial charge in [-0.2, -0.15) is 0 Å². The van der Waals surface area contributed by atoms with Gasteiger partial charge in [-0.1, -0.05) is 30.8 Å². The molecule has 1 saturated heterocycles. The smallest absolute Gasteiger partial charge is 0.543 e. The fourth-order valence-corrected chi connectivity index (χ4v) is 6.52. The van der Waals surface area contributed by atoms with E-state index < -0.39 is 18.0 Å². The molecule has 1 aromatic carbocycles. The maximum Gasteiger partial charge on any atom is 1.00 e. The molecule has 2 aliphatic rings. The second kappa shape index (κ2) is 8.89. The fourth-order valence-electron chi connectivity index (χ4n) is 4.42. The fraction of sp³-hybridized carbons (Fsp3) is 0.273. The maximum absolute atomic E-state index is 12.5. The number of aliphatic carboxylic acids is 1. The number of pyridine rings is 1. The van der Waals surface area contributed by atoms with Gasteiger partial charge in [0, 0.05) is 39.5 Å². The number of β-lactam (4-membered cyclic amide) rings is 1. The van der Waals surface area contributed by atoms with Gasteiger partial charge in [-0.3, -0.25) is 9.78 Å². The number of thioether (sulfide) groups is 1. The van der Waals surface area contributed by atoms with Crippen molar-refractivity contribution in [2.45, 2.75) is 30.3 Å². The van der Waals surface area contributed by atoms with Gasteiger partial charge < -0.3 is 19.9 Å². The third kappa shape index (κ3) is 3.70. The van der Waals surface area contributed by atoms with Crippen molar-refractivity contribution in [1.29, 1.82) is 0 Å². The number of carbonyl (C=O) groups is 2. The van der Waals surface area contributed by atoms with Gasteiger partial charge in [-0.05, 0) is 24.4 Å². The van der Waals surface area contributed by atoms with Crippen molar-refractivity contribution in [3.8, 4) is 11.3 Å². The van der Waals surface area contributed by atoms with E-state index in [1.807, 2.05) is 36.6 Å². The van der Waals surface area contributed by atoms with Crippen LogP contribution in [0.4, 0.5) is 0 Å². The summed E-state index contributed by atoms with van der Waals surface area (Å²) in [5, 5.41) is 25.8. The SMILES string of the molecule is C[C@H]1C(Sc2nc(-c3ccc4ccncc4c3)cs2)=C(C(=O)[O-])N2C(=O)[C@H]([C@@H](C)O)C12.[Na+]. The van der Waals surface area contributed by atoms with Crippen molar-refractivity contribution in [2.24, 2.45) is 11.8 Å². The molecule has 2 aliphatic heterocycles. The Labute approximate surface area is 214 Å². The largest absolute Gasteiger partial charge is 1.00 e. The molecule has 0 radical (unpaired) electrons. The van der Waals surface area contributed by atoms with Crippen LogP contribution in [0.15, 0.2) is 57.0 Å². The molecule has 0 spiro atoms. The number of thiazole rings is 1. The van der Waals surface area contributed by atoms with Gasteiger partial charge in [0.15, 0.2) is 4.34 Å². The molecule has 1 N–H and O–H groups in total. The standard InChI is InChI=1S/C22H19N3O4S2.Na/c1-10-17-16(11(2)26)20(27)25(17)18(21(28)29)19(10)31-22-24-15(9-30-22)13-4-3-12-5-6-23-8-14(12)7-13;/h3-11,16-17,26H,1-2H3,(H,28,29);/q;+1/p-1/t10-,11-,16-,17?;/m1./s1. The first kappa shape index (κ1) is 23.4. The van der Waals surface area contributed by atoms with Crippen molar-refractivity contribution >= 4 is 45.7 Å². The normalized spacial score (nSPS) is 23.0. The van der Waals surface area contributed by atoms with E-state index in [0.29, 0.717) is 9.24 Å². The Morgan fingerprint density at radius 2 is 2.09 bits per heavy atom. The zero-order chi connectivity index (χ0) is 21.9. The molecule has 1 unspecified atom stereocenters. The van der Waals surface area contributed by atoms with Crippen LogP contribution in [0.25, 0.3) is 22.0 Å². The van der Waals surface area contributed by atoms with E-state index >= 15 is 0 Å². The number of carboxylic acid groups (broad SMARTS) is 1. The van der Waals surface area contributed by atoms with E-state index in [2.05, 4.69) is 9.97 Å². The predicted octanol–water partition coefficient (Wildman–Crippen LogP) is -0.727. The van der Waals surface area contributed by atoms with Gasteiger partial charge in [0.05, 0.1) is 35.4 Å². The Balaban J connectivity index is 0.00000245. The summed E-state index contributed by atoms with van der Waals surface area (Å²) in [5.74, 6) is -2.57. The van der Waals surface area contributed by atoms with E-state index in [1.54, 1.807) is 19.3 Å². The molecule has 4 atom stereocenters. The number of amides is 1. The second-order valence-electron chi connectivity index (χ2n) is 7.79. The molecule has 32 heavy (non-hydrogen) atoms. The molecule has 7 nitrogen and oxygen atoms in total. The first-order valence-corrected chi connectivity index (χ1v) is 11.5. The number of hydrogen-bond acceptors (Lipinski definition) is 8. The van der Waals surface area contributed by atoms with Gasteiger partial charge >= 0.3 is 29.6 Å². The molecular weight excluding hydrogens is 457 g/mol. The van der Waals surface area contributed by atoms with Crippen LogP contribution in [0.2, 0.25) is 0 Å². The van der Waals surface area contributed by atoms with Crippen molar-refractivity contribution in [2.75, 3.05) is 0 Å². The van der Waals surface area contributed by atoms with Crippen LogP contribution in [0, 0.1) is 11.8 Å². The van der Waals surface area contributed by atoms with Crippen molar-refractivity contribution in [1.82, 2.24) is 14.9 Å². The van der Waals surface area contributed by atoms with Crippen molar-refractivity contribution in [3.05, 3.63) is 52.6 Å². The number of carbonyl (C=O) groups excluding carboxylic acids is 2. The summed E-state index contributed by atoms with van der Waals surface area (Å²) < 4.78 is 0.686. The predicted molar refractivity (Wildman–Crippen MR) is 116 cm³/mol. The quantitative estimate of drug-likeness (QED) is 0.383. The molecule has 10 heteroatoms. The van der Waals surface area contributed by atoms with Gasteiger partial charge in [-0.15, -0.1) is 11.3 Å². The van der Waals surface area contributed by atoms with E-state index in [0.717, 1.165) is 22.0 Å². The van der Waals surface area contributed by atoms with Crippen LogP contribution in [0.5, 0.6) is 0 Å². The average Bonchev–Trinajstić information content (AvgIpc) is 3.30. The zero-order valence-electron chi connectivity index (χ0n) is 17.7. The molecule has 0 bridgehead atoms. The van der Waals surface area contributed by atoms with Crippen LogP contribution in [0.1, 0.15) is 13.8 Å². The molecule has 4 heterocycles. The molecule has 0 aliphatic carbocycles. The topological polar surface area (TPSA) is 106 Å². The summed E-state index contributed by atoms with van der Waals surface area (Å²) in [4.78, 5) is 35.0. The van der Waals surface area contributed by atoms with Crippen molar-refractivity contribution < 1.29 is 49.4 Å². The summed E-state index contributed by atoms with van der Waals surface area (Å²) in [5.41, 5.74) is 1.64. The van der Waals surface area contributed by atoms with E-state index in [9.17, 15) is 19.8 Å². The minimum atomic E-state index is -1.38. The van der Waals surface area contributed by atoms with Crippen LogP contribution in [-0.4, -0.2) is 44.0 Å². The Hall–Kier alpha value is -1.75. The number of aromatic nitrogens is 2. The molecule has 0 saturated carbocycles. The van der Waals surface area contributed by atoms with Gasteiger partial charge in [0.2, 0.25) is 5.91 Å². The summed E-state index contributed by atoms with van der Waals surface area (Å²) in [6, 6.07) is 7.61. The number of aliphatic hydroxyl groups is 1. The minimum absolute atomic E-state index is 0. The number of carboxylic acids is 1. The van der Waals surface area contributed by atoms with Crippen molar-refractivity contribution in [3.63, 3.8) is 0 Å². The number of nitrogens with zero attached hydrogens (tertiary/aromatic N) is 3. The zero-order valence-corrected chi connectivity index (χ0v) is 21.3. The monoisotopic (exact) mass is 475 g/mol. The number of aliphatic hydroxyl groups excluding tert-OH is 1. The number of rotatable bonds is 5. The van der Waals surface area contributed by atoms with E-state index in [4.69, 9.17) is 0 Å². The Morgan fingerprint density at radius 3 is 2.81 bits per heavy atom. The van der Waals surface area contributed by atoms with Crippen LogP contribution >= 0.6 is 23.1 Å². The van der Waals surface area contributed by atoms with Crippen LogP contribution < -0.4 is 34.7 Å². The molecular formula is C22H18N3NaO4S2. The first-order chi connectivity index (χ1) is 14.9. The van der Waals surface area contributed by atoms with Gasteiger partial charge in [0.25, 0.3) is 0 Å². The summed E-state index contributed by atoms with van der Waals surface area (Å²) in [7, 11) is 0. The molecule has 1 fully saturated rings. The Kier molecular flexibility index (Phi) is 6.50. The van der Waals surface area contributed by atoms with Crippen LogP contribution in [-0.2, 0) is 9.59 Å². The average molecular weight is 476 g/mol. The van der Waals surface area contributed by atoms with Crippen LogP contribution in [0.3, 0.4) is 0 Å². The number of benzene rings is 1. The minimum Gasteiger partial charge on any atom is -0.543 e. The van der Waals surface area contributed by atoms with E-state index in [1.165, 1.54) is 28.0 Å². The summed E-state index contributed by atoms with van der Waals surface area (Å²) >= 11 is 2.68. The molecule has 2 aromatic heterocycles. The van der Waals surface area contributed by atoms with Gasteiger partial charge in [-0.25, -0.2) is 4.98 Å². The molecule has 158 valence electrons. The first-order valence-electron chi connectivity index (χ1n) is 9.81. The molecule has 3 aromatic rings. The van der Waals surface area contributed by atoms with Gasteiger partial charge in [0.1, 0.15) is 0 Å². The Morgan fingerprint density at radius 1 is 1.31 bits per heavy atom. The summed E-state index contributed by atoms with van der Waals surface area (Å²) in [6.45, 7) is 3.44. The Bertz CT molecular complexity index is 1260. The van der Waals surface area contributed by atoms with E-state index in [-0.39, 0.29) is 53.1 Å². The number of fused-ring (bicyclic) bond motifs is 2. The third-order valence-electron chi connectivity index (χ3n) is 5.92. The summed E-state index contributed by atoms with van der Waals surface area (Å²) in [6.07, 6.45) is 2.72. The molecule has 5 rings (SSSR count). The maximum atomic E-state index is 12.5. The second-order valence-corrected chi connectivity index (χ2v) is 9.94.